The number of hydrogen-bond donors (Lipinski definition) is 1. The highest BCUT2D eigenvalue weighted by Crippen LogP contribution is 2.23. The standard InChI is InChI=1S/C22H26N4O2/c1-27-20-10-6-5-9-19(20)26-22(15-18-16-23-13-14-28-18)24-21(25-26)12-11-17-7-3-2-4-8-17/h2-10,18,23H,11-16H2,1H3/t18-/m1/s1. The van der Waals surface area contributed by atoms with Crippen LogP contribution in [0.5, 0.6) is 5.75 Å². The molecule has 2 heterocycles. The van der Waals surface area contributed by atoms with Crippen LogP contribution in [0.25, 0.3) is 5.69 Å². The van der Waals surface area contributed by atoms with Crippen molar-refractivity contribution in [2.75, 3.05) is 26.8 Å². The molecule has 0 radical (unpaired) electrons. The van der Waals surface area contributed by atoms with Crippen LogP contribution in [0, 0.1) is 0 Å². The van der Waals surface area contributed by atoms with Crippen molar-refractivity contribution in [3.8, 4) is 11.4 Å². The summed E-state index contributed by atoms with van der Waals surface area (Å²) in [4.78, 5) is 4.86. The van der Waals surface area contributed by atoms with E-state index in [0.717, 1.165) is 55.6 Å². The van der Waals surface area contributed by atoms with Crippen LogP contribution in [-0.2, 0) is 24.0 Å². The van der Waals surface area contributed by atoms with Crippen LogP contribution < -0.4 is 10.1 Å². The quantitative estimate of drug-likeness (QED) is 0.685. The number of ether oxygens (including phenoxy) is 2. The van der Waals surface area contributed by atoms with Crippen molar-refractivity contribution in [1.29, 1.82) is 0 Å². The Morgan fingerprint density at radius 3 is 2.71 bits per heavy atom. The highest BCUT2D eigenvalue weighted by Gasteiger charge is 2.21. The first-order valence-electron chi connectivity index (χ1n) is 9.78. The normalized spacial score (nSPS) is 16.8. The van der Waals surface area contributed by atoms with E-state index in [1.165, 1.54) is 5.56 Å². The number of methoxy groups -OCH3 is 1. The fourth-order valence-electron chi connectivity index (χ4n) is 3.48. The second-order valence-electron chi connectivity index (χ2n) is 6.91. The van der Waals surface area contributed by atoms with Gasteiger partial charge in [-0.1, -0.05) is 42.5 Å². The summed E-state index contributed by atoms with van der Waals surface area (Å²) in [6.07, 6.45) is 2.53. The topological polar surface area (TPSA) is 61.2 Å². The molecule has 1 saturated heterocycles. The average molecular weight is 378 g/mol. The summed E-state index contributed by atoms with van der Waals surface area (Å²) >= 11 is 0. The van der Waals surface area contributed by atoms with Gasteiger partial charge in [0.1, 0.15) is 17.3 Å². The Hall–Kier alpha value is -2.70. The minimum Gasteiger partial charge on any atom is -0.494 e. The van der Waals surface area contributed by atoms with Crippen molar-refractivity contribution in [1.82, 2.24) is 20.1 Å². The predicted molar refractivity (Wildman–Crippen MR) is 108 cm³/mol. The van der Waals surface area contributed by atoms with Gasteiger partial charge >= 0.3 is 0 Å². The van der Waals surface area contributed by atoms with Gasteiger partial charge in [-0.2, -0.15) is 5.10 Å². The fourth-order valence-corrected chi connectivity index (χ4v) is 3.48. The number of hydrogen-bond acceptors (Lipinski definition) is 5. The van der Waals surface area contributed by atoms with Crippen LogP contribution in [0.2, 0.25) is 0 Å². The van der Waals surface area contributed by atoms with Gasteiger partial charge in [0.2, 0.25) is 0 Å². The summed E-state index contributed by atoms with van der Waals surface area (Å²) in [5.74, 6) is 2.53. The molecule has 1 atom stereocenters. The summed E-state index contributed by atoms with van der Waals surface area (Å²) in [6.45, 7) is 2.46. The van der Waals surface area contributed by atoms with Crippen LogP contribution in [0.4, 0.5) is 0 Å². The molecule has 0 bridgehead atoms. The maximum absolute atomic E-state index is 5.89. The molecule has 0 amide bonds. The van der Waals surface area contributed by atoms with Crippen molar-refractivity contribution in [2.24, 2.45) is 0 Å². The zero-order valence-electron chi connectivity index (χ0n) is 16.2. The Bertz CT molecular complexity index is 889. The third-order valence-electron chi connectivity index (χ3n) is 4.93. The summed E-state index contributed by atoms with van der Waals surface area (Å²) in [5, 5.41) is 8.20. The molecular weight excluding hydrogens is 352 g/mol. The second kappa shape index (κ2) is 8.99. The lowest BCUT2D eigenvalue weighted by molar-refractivity contribution is 0.0277. The first-order valence-corrected chi connectivity index (χ1v) is 9.78. The van der Waals surface area contributed by atoms with Crippen molar-refractivity contribution in [3.05, 3.63) is 71.8 Å². The molecule has 6 heteroatoms. The van der Waals surface area contributed by atoms with Gasteiger partial charge in [0.25, 0.3) is 0 Å². The summed E-state index contributed by atoms with van der Waals surface area (Å²) in [6, 6.07) is 18.4. The molecular formula is C22H26N4O2. The Labute approximate surface area is 165 Å². The van der Waals surface area contributed by atoms with Gasteiger partial charge in [-0.25, -0.2) is 9.67 Å². The van der Waals surface area contributed by atoms with Gasteiger partial charge in [-0.15, -0.1) is 0 Å². The van der Waals surface area contributed by atoms with Crippen molar-refractivity contribution >= 4 is 0 Å². The Morgan fingerprint density at radius 1 is 1.11 bits per heavy atom. The monoisotopic (exact) mass is 378 g/mol. The van der Waals surface area contributed by atoms with E-state index >= 15 is 0 Å². The second-order valence-corrected chi connectivity index (χ2v) is 6.91. The Kier molecular flexibility index (Phi) is 5.99. The third kappa shape index (κ3) is 4.40. The first-order chi connectivity index (χ1) is 13.8. The maximum Gasteiger partial charge on any atom is 0.151 e. The molecule has 146 valence electrons. The van der Waals surface area contributed by atoms with E-state index in [4.69, 9.17) is 19.6 Å². The van der Waals surface area contributed by atoms with Crippen LogP contribution in [0.3, 0.4) is 0 Å². The van der Waals surface area contributed by atoms with Crippen molar-refractivity contribution in [2.45, 2.75) is 25.4 Å². The van der Waals surface area contributed by atoms with E-state index < -0.39 is 0 Å². The average Bonchev–Trinajstić information content (AvgIpc) is 3.16. The molecule has 0 saturated carbocycles. The van der Waals surface area contributed by atoms with Gasteiger partial charge in [0, 0.05) is 25.9 Å². The number of morpholine rings is 1. The third-order valence-corrected chi connectivity index (χ3v) is 4.93. The van der Waals surface area contributed by atoms with Gasteiger partial charge in [-0.05, 0) is 24.1 Å². The van der Waals surface area contributed by atoms with Crippen LogP contribution >= 0.6 is 0 Å². The van der Waals surface area contributed by atoms with E-state index in [1.54, 1.807) is 7.11 Å². The van der Waals surface area contributed by atoms with Crippen molar-refractivity contribution in [3.63, 3.8) is 0 Å². The molecule has 3 aromatic rings. The van der Waals surface area contributed by atoms with E-state index in [9.17, 15) is 0 Å². The lowest BCUT2D eigenvalue weighted by atomic mass is 10.1. The Balaban J connectivity index is 1.61. The van der Waals surface area contributed by atoms with Crippen molar-refractivity contribution < 1.29 is 9.47 Å². The lowest BCUT2D eigenvalue weighted by Crippen LogP contribution is -2.40. The maximum atomic E-state index is 5.89. The van der Waals surface area contributed by atoms with Crippen LogP contribution in [0.1, 0.15) is 17.2 Å². The number of para-hydroxylation sites is 2. The zero-order chi connectivity index (χ0) is 19.2. The predicted octanol–water partition coefficient (Wildman–Crippen LogP) is 2.59. The number of nitrogens with zero attached hydrogens (tertiary/aromatic N) is 3. The molecule has 1 aliphatic rings. The number of aromatic nitrogens is 3. The molecule has 0 unspecified atom stereocenters. The lowest BCUT2D eigenvalue weighted by Gasteiger charge is -2.23. The molecule has 28 heavy (non-hydrogen) atoms. The van der Waals surface area contributed by atoms with Gasteiger partial charge in [-0.3, -0.25) is 0 Å². The molecule has 0 aliphatic carbocycles. The molecule has 0 spiro atoms. The molecule has 1 N–H and O–H groups in total. The number of nitrogens with one attached hydrogen (secondary N) is 1. The van der Waals surface area contributed by atoms with Gasteiger partial charge < -0.3 is 14.8 Å². The SMILES string of the molecule is COc1ccccc1-n1nc(CCc2ccccc2)nc1C[C@@H]1CNCCO1. The smallest absolute Gasteiger partial charge is 0.151 e. The highest BCUT2D eigenvalue weighted by atomic mass is 16.5. The van der Waals surface area contributed by atoms with E-state index in [1.807, 2.05) is 35.0 Å². The number of rotatable bonds is 7. The van der Waals surface area contributed by atoms with E-state index in [0.29, 0.717) is 6.42 Å². The van der Waals surface area contributed by atoms with Crippen LogP contribution in [0.15, 0.2) is 54.6 Å². The summed E-state index contributed by atoms with van der Waals surface area (Å²) in [7, 11) is 1.68. The minimum atomic E-state index is 0.105. The fraction of sp³-hybridized carbons (Fsp3) is 0.364. The largest absolute Gasteiger partial charge is 0.494 e. The summed E-state index contributed by atoms with van der Waals surface area (Å²) in [5.41, 5.74) is 2.19. The first kappa shape index (κ1) is 18.7. The van der Waals surface area contributed by atoms with Gasteiger partial charge in [0.05, 0.1) is 19.8 Å². The number of benzene rings is 2. The highest BCUT2D eigenvalue weighted by molar-refractivity contribution is 5.46. The molecule has 1 aromatic heterocycles. The van der Waals surface area contributed by atoms with Crippen LogP contribution in [-0.4, -0.2) is 47.7 Å². The summed E-state index contributed by atoms with van der Waals surface area (Å²) < 4.78 is 13.4. The number of aryl methyl sites for hydroxylation is 2. The van der Waals surface area contributed by atoms with Gasteiger partial charge in [0.15, 0.2) is 5.82 Å². The molecule has 2 aromatic carbocycles. The molecule has 6 nitrogen and oxygen atoms in total. The zero-order valence-corrected chi connectivity index (χ0v) is 16.2. The minimum absolute atomic E-state index is 0.105. The van der Waals surface area contributed by atoms with E-state index in [2.05, 4.69) is 29.6 Å². The molecule has 4 rings (SSSR count). The molecule has 1 aliphatic heterocycles. The Morgan fingerprint density at radius 2 is 1.93 bits per heavy atom. The van der Waals surface area contributed by atoms with E-state index in [-0.39, 0.29) is 6.10 Å². The molecule has 1 fully saturated rings.